The third-order valence-electron chi connectivity index (χ3n) is 8.11. The number of rotatable bonds is 0. The Morgan fingerprint density at radius 1 is 0.381 bits per heavy atom. The molecule has 9 rings (SSSR count). The van der Waals surface area contributed by atoms with Crippen molar-refractivity contribution in [3.63, 3.8) is 0 Å². The van der Waals surface area contributed by atoms with Gasteiger partial charge in [-0.3, -0.25) is 0 Å². The molecule has 4 aliphatic rings. The van der Waals surface area contributed by atoms with Gasteiger partial charge in [-0.15, -0.1) is 0 Å². The van der Waals surface area contributed by atoms with E-state index in [-0.39, 0.29) is 32.7 Å². The van der Waals surface area contributed by atoms with E-state index in [1.165, 1.54) is 24.3 Å². The smallest absolute Gasteiger partial charge is 0.196 e. The Morgan fingerprint density at radius 2 is 0.714 bits per heavy atom. The summed E-state index contributed by atoms with van der Waals surface area (Å²) < 4.78 is 66.2. The van der Waals surface area contributed by atoms with E-state index >= 15 is 17.6 Å². The maximum Gasteiger partial charge on any atom is 0.299 e. The lowest BCUT2D eigenvalue weighted by molar-refractivity contribution is 0.0416. The minimum absolute atomic E-state index is 0.131. The number of benzene rings is 5. The Labute approximate surface area is 253 Å². The predicted octanol–water partition coefficient (Wildman–Crippen LogP) is 9.09. The second-order valence-corrected chi connectivity index (χ2v) is 15.2. The molecule has 8 heteroatoms. The van der Waals surface area contributed by atoms with E-state index in [4.69, 9.17) is 0 Å². The first-order valence-electron chi connectivity index (χ1n) is 13.2. The largest absolute Gasteiger partial charge is 0.299 e. The number of hydrogen-bond acceptors (Lipinski definition) is 4. The van der Waals surface area contributed by atoms with Gasteiger partial charge in [0.15, 0.2) is 0 Å². The molecule has 0 saturated carbocycles. The van der Waals surface area contributed by atoms with E-state index in [0.29, 0.717) is 20.9 Å². The minimum atomic E-state index is -3.30. The Bertz CT molecular complexity index is 2160. The molecule has 0 fully saturated rings. The second-order valence-electron chi connectivity index (χ2n) is 10.5. The van der Waals surface area contributed by atoms with Crippen molar-refractivity contribution in [1.82, 2.24) is 0 Å². The molecule has 2 aliphatic heterocycles. The van der Waals surface area contributed by atoms with Gasteiger partial charge in [-0.25, -0.2) is 0 Å². The molecule has 5 aromatic carbocycles. The van der Waals surface area contributed by atoms with Crippen molar-refractivity contribution >= 4 is 55.5 Å². The summed E-state index contributed by atoms with van der Waals surface area (Å²) in [4.78, 5) is 4.39. The summed E-state index contributed by atoms with van der Waals surface area (Å²) in [5.74, 6) is -6.60. The van der Waals surface area contributed by atoms with Crippen LogP contribution in [-0.2, 0) is 11.8 Å². The van der Waals surface area contributed by atoms with Gasteiger partial charge in [-0.2, -0.15) is 17.6 Å². The summed E-state index contributed by atoms with van der Waals surface area (Å²) in [6.07, 6.45) is 0. The highest BCUT2D eigenvalue weighted by Gasteiger charge is 2.45. The minimum Gasteiger partial charge on any atom is -0.196 e. The maximum absolute atomic E-state index is 16.1. The quantitative estimate of drug-likeness (QED) is 0.157. The van der Waals surface area contributed by atoms with Crippen LogP contribution in [0.2, 0.25) is 0 Å². The van der Waals surface area contributed by atoms with Gasteiger partial charge in [-0.1, -0.05) is 95.6 Å². The van der Waals surface area contributed by atoms with E-state index in [9.17, 15) is 0 Å². The van der Waals surface area contributed by atoms with Crippen molar-refractivity contribution in [3.05, 3.63) is 151 Å². The number of fused-ring (bicyclic) bond motifs is 6. The number of halogens is 4. The predicted molar refractivity (Wildman–Crippen MR) is 163 cm³/mol. The highest BCUT2D eigenvalue weighted by molar-refractivity contribution is 8.32. The van der Waals surface area contributed by atoms with Gasteiger partial charge in [0.1, 0.15) is 0 Å². The lowest BCUT2D eigenvalue weighted by Gasteiger charge is -2.15. The Morgan fingerprint density at radius 3 is 1.07 bits per heavy atom. The number of alkyl halides is 4. The molecule has 42 heavy (non-hydrogen) atoms. The number of thioether (sulfide) groups is 4. The van der Waals surface area contributed by atoms with Crippen LogP contribution in [0, 0.1) is 20.9 Å². The molecule has 204 valence electrons. The van der Waals surface area contributed by atoms with Crippen molar-refractivity contribution in [1.29, 1.82) is 0 Å². The van der Waals surface area contributed by atoms with Gasteiger partial charge in [0.25, 0.3) is 11.8 Å². The fraction of sp³-hybridized carbons (Fsp3) is 0.0588. The van der Waals surface area contributed by atoms with Gasteiger partial charge in [0.2, 0.25) is 0 Å². The molecule has 0 saturated heterocycles. The van der Waals surface area contributed by atoms with Gasteiger partial charge < -0.3 is 0 Å². The molecule has 0 atom stereocenters. The zero-order valence-corrected chi connectivity index (χ0v) is 24.6. The van der Waals surface area contributed by atoms with Crippen LogP contribution < -0.4 is 10.4 Å². The van der Waals surface area contributed by atoms with E-state index in [2.05, 4.69) is 0 Å². The highest BCUT2D eigenvalue weighted by Crippen LogP contribution is 2.53. The molecule has 0 radical (unpaired) electrons. The summed E-state index contributed by atoms with van der Waals surface area (Å²) in [6, 6.07) is 28.5. The van der Waals surface area contributed by atoms with E-state index in [1.807, 2.05) is 60.7 Å². The van der Waals surface area contributed by atoms with E-state index < -0.39 is 11.8 Å². The summed E-state index contributed by atoms with van der Waals surface area (Å²) in [7, 11) is 0. The fourth-order valence-electron chi connectivity index (χ4n) is 6.10. The first kappa shape index (κ1) is 25.5. The molecule has 0 N–H and O–H groups in total. The van der Waals surface area contributed by atoms with Crippen LogP contribution in [0.1, 0.15) is 22.3 Å². The summed E-state index contributed by atoms with van der Waals surface area (Å²) >= 11 is 6.26. The number of hydrogen-bond donors (Lipinski definition) is 0. The second kappa shape index (κ2) is 8.76. The maximum atomic E-state index is 16.1. The molecule has 0 spiro atoms. The molecule has 0 unspecified atom stereocenters. The molecule has 0 aromatic heterocycles. The molecular formula is C34H16F4S4. The Kier molecular flexibility index (Phi) is 5.31. The Balaban J connectivity index is 1.23. The van der Waals surface area contributed by atoms with Crippen LogP contribution in [-0.4, -0.2) is 0 Å². The molecule has 2 heterocycles. The highest BCUT2D eigenvalue weighted by atomic mass is 32.2. The van der Waals surface area contributed by atoms with E-state index in [1.54, 1.807) is 59.2 Å². The summed E-state index contributed by atoms with van der Waals surface area (Å²) in [5, 5.41) is 2.41. The zero-order chi connectivity index (χ0) is 28.4. The van der Waals surface area contributed by atoms with Crippen LogP contribution in [0.15, 0.2) is 117 Å². The third-order valence-corrected chi connectivity index (χ3v) is 13.4. The zero-order valence-electron chi connectivity index (χ0n) is 21.4. The lowest BCUT2D eigenvalue weighted by atomic mass is 10.0. The molecule has 5 aromatic rings. The third kappa shape index (κ3) is 3.49. The summed E-state index contributed by atoms with van der Waals surface area (Å²) in [6.45, 7) is 0. The van der Waals surface area contributed by atoms with Crippen molar-refractivity contribution in [3.8, 4) is 0 Å². The van der Waals surface area contributed by atoms with Gasteiger partial charge >= 0.3 is 0 Å². The summed E-state index contributed by atoms with van der Waals surface area (Å²) in [5.41, 5.74) is -0.692. The van der Waals surface area contributed by atoms with Crippen molar-refractivity contribution in [2.75, 3.05) is 0 Å². The first-order valence-corrected chi connectivity index (χ1v) is 16.4. The van der Waals surface area contributed by atoms with Crippen molar-refractivity contribution < 1.29 is 17.6 Å². The molecule has 0 bridgehead atoms. The van der Waals surface area contributed by atoms with E-state index in [0.717, 1.165) is 28.1 Å². The van der Waals surface area contributed by atoms with Crippen molar-refractivity contribution in [2.45, 2.75) is 31.4 Å². The van der Waals surface area contributed by atoms with Crippen LogP contribution in [0.4, 0.5) is 17.6 Å². The Hall–Kier alpha value is -3.04. The molecule has 2 aliphatic carbocycles. The lowest BCUT2D eigenvalue weighted by Crippen LogP contribution is -2.17. The monoisotopic (exact) mass is 628 g/mol. The standard InChI is InChI=1S/C34H16F4S4/c35-33(36)23-13-17(31-39-27-5-1-2-6-28(27)40-31)9-11-19(23)21-15-26-22(16-25(21)33)20-12-10-18(14-24(20)34(26,37)38)32-41-29-7-3-4-8-30(29)42-32/h1-16H. The van der Waals surface area contributed by atoms with Crippen LogP contribution in [0.25, 0.3) is 8.47 Å². The normalized spacial score (nSPS) is 17.9. The average molecular weight is 629 g/mol. The van der Waals surface area contributed by atoms with Gasteiger partial charge in [0, 0.05) is 41.8 Å². The topological polar surface area (TPSA) is 0 Å². The fourth-order valence-corrected chi connectivity index (χ4v) is 11.1. The van der Waals surface area contributed by atoms with Crippen LogP contribution >= 0.6 is 47.0 Å². The van der Waals surface area contributed by atoms with Crippen LogP contribution in [0.5, 0.6) is 0 Å². The van der Waals surface area contributed by atoms with Crippen molar-refractivity contribution in [2.24, 2.45) is 0 Å². The van der Waals surface area contributed by atoms with Gasteiger partial charge in [-0.05, 0) is 79.8 Å². The first-order chi connectivity index (χ1) is 20.3. The molecule has 0 amide bonds. The average Bonchev–Trinajstić information content (AvgIpc) is 3.73. The van der Waals surface area contributed by atoms with Gasteiger partial charge in [0.05, 0.1) is 8.47 Å². The van der Waals surface area contributed by atoms with Crippen LogP contribution in [0.3, 0.4) is 0 Å². The molecular weight excluding hydrogens is 613 g/mol. The molecule has 0 nitrogen and oxygen atoms in total. The SMILES string of the molecule is FC1(F)c2cc(=C3Sc4ccccc4S3)ccc2=c2cc3c(cc21)=c1ccc(=C2Sc4ccccc4S2)cc1C3(F)F.